The quantitative estimate of drug-likeness (QED) is 0.450. The molecular weight excluding hydrogens is 467 g/mol. The van der Waals surface area contributed by atoms with E-state index in [0.717, 1.165) is 23.0 Å². The van der Waals surface area contributed by atoms with Gasteiger partial charge in [0.05, 0.1) is 40.8 Å². The molecule has 1 N–H and O–H groups in total. The van der Waals surface area contributed by atoms with Crippen molar-refractivity contribution >= 4 is 34.5 Å². The first-order valence-electron chi connectivity index (χ1n) is 10.3. The van der Waals surface area contributed by atoms with Gasteiger partial charge in [-0.25, -0.2) is 13.9 Å². The van der Waals surface area contributed by atoms with Crippen molar-refractivity contribution in [1.29, 1.82) is 0 Å². The van der Waals surface area contributed by atoms with Crippen molar-refractivity contribution in [1.82, 2.24) is 19.5 Å². The molecule has 5 rings (SSSR count). The van der Waals surface area contributed by atoms with Crippen LogP contribution in [0.3, 0.4) is 0 Å². The van der Waals surface area contributed by atoms with Crippen LogP contribution in [-0.4, -0.2) is 37.1 Å². The van der Waals surface area contributed by atoms with E-state index >= 15 is 0 Å². The summed E-state index contributed by atoms with van der Waals surface area (Å²) < 4.78 is 21.3. The number of carbonyl (C=O) groups is 1. The molecule has 0 saturated carbocycles. The summed E-state index contributed by atoms with van der Waals surface area (Å²) in [7, 11) is 0. The van der Waals surface area contributed by atoms with Crippen molar-refractivity contribution in [2.45, 2.75) is 33.0 Å². The van der Waals surface area contributed by atoms with E-state index in [1.165, 1.54) is 23.5 Å². The Balaban J connectivity index is 1.39. The molecule has 7 nitrogen and oxygen atoms in total. The molecule has 3 aromatic heterocycles. The number of hydrogen-bond acceptors (Lipinski definition) is 6. The molecule has 0 fully saturated rings. The molecule has 1 aliphatic rings. The van der Waals surface area contributed by atoms with Crippen molar-refractivity contribution in [3.8, 4) is 5.75 Å². The average molecular weight is 487 g/mol. The SMILES string of the molecule is Cc1nc2c3c(nn2c(C)c1Cl)CN(C(=O)c1ccc(F)cc1OCC(O)c1ccsc1)C3. The highest BCUT2D eigenvalue weighted by Crippen LogP contribution is 2.32. The van der Waals surface area contributed by atoms with Gasteiger partial charge in [0, 0.05) is 11.6 Å². The summed E-state index contributed by atoms with van der Waals surface area (Å²) in [5, 5.41) is 19.1. The number of ether oxygens (including phenoxy) is 1. The fourth-order valence-electron chi connectivity index (χ4n) is 3.95. The Morgan fingerprint density at radius 1 is 1.33 bits per heavy atom. The molecule has 1 atom stereocenters. The molecule has 1 aliphatic heterocycles. The number of aliphatic hydroxyl groups excluding tert-OH is 1. The maximum atomic E-state index is 13.9. The van der Waals surface area contributed by atoms with E-state index in [-0.39, 0.29) is 23.8 Å². The molecule has 0 saturated heterocycles. The minimum atomic E-state index is -0.878. The van der Waals surface area contributed by atoms with Gasteiger partial charge >= 0.3 is 0 Å². The van der Waals surface area contributed by atoms with Crippen LogP contribution in [0, 0.1) is 19.7 Å². The number of aliphatic hydroxyl groups is 1. The summed E-state index contributed by atoms with van der Waals surface area (Å²) in [6, 6.07) is 5.58. The lowest BCUT2D eigenvalue weighted by Gasteiger charge is -2.19. The number of amides is 1. The lowest BCUT2D eigenvalue weighted by atomic mass is 10.1. The van der Waals surface area contributed by atoms with Crippen molar-refractivity contribution in [3.63, 3.8) is 0 Å². The van der Waals surface area contributed by atoms with Gasteiger partial charge in [-0.3, -0.25) is 4.79 Å². The fraction of sp³-hybridized carbons (Fsp3) is 0.261. The normalized spacial score (nSPS) is 14.0. The standard InChI is InChI=1S/C23H20ClFN4O3S/c1-12-21(24)13(2)29-22(26-12)17-8-28(9-18(17)27-29)23(31)16-4-3-15(25)7-20(16)32-10-19(30)14-5-6-33-11-14/h3-7,11,19,30H,8-10H2,1-2H3. The average Bonchev–Trinajstić information content (AvgIpc) is 3.53. The first-order chi connectivity index (χ1) is 15.8. The third-order valence-corrected chi connectivity index (χ3v) is 6.99. The summed E-state index contributed by atoms with van der Waals surface area (Å²) in [4.78, 5) is 19.5. The van der Waals surface area contributed by atoms with Crippen molar-refractivity contribution in [2.75, 3.05) is 6.61 Å². The van der Waals surface area contributed by atoms with E-state index < -0.39 is 11.9 Å². The van der Waals surface area contributed by atoms with Crippen molar-refractivity contribution < 1.29 is 19.0 Å². The number of hydrogen-bond donors (Lipinski definition) is 1. The Morgan fingerprint density at radius 2 is 2.15 bits per heavy atom. The molecule has 0 spiro atoms. The van der Waals surface area contributed by atoms with Gasteiger partial charge in [0.1, 0.15) is 24.3 Å². The van der Waals surface area contributed by atoms with Crippen LogP contribution in [-0.2, 0) is 13.1 Å². The van der Waals surface area contributed by atoms with Crippen LogP contribution < -0.4 is 4.74 Å². The maximum Gasteiger partial charge on any atom is 0.258 e. The Bertz CT molecular complexity index is 1370. The predicted molar refractivity (Wildman–Crippen MR) is 122 cm³/mol. The van der Waals surface area contributed by atoms with Crippen molar-refractivity contribution in [2.24, 2.45) is 0 Å². The second-order valence-corrected chi connectivity index (χ2v) is 9.10. The van der Waals surface area contributed by atoms with Gasteiger partial charge in [-0.2, -0.15) is 16.4 Å². The van der Waals surface area contributed by atoms with E-state index in [4.69, 9.17) is 16.3 Å². The maximum absolute atomic E-state index is 13.9. The zero-order valence-electron chi connectivity index (χ0n) is 17.9. The summed E-state index contributed by atoms with van der Waals surface area (Å²) >= 11 is 7.76. The Labute approximate surface area is 198 Å². The minimum absolute atomic E-state index is 0.0876. The number of halogens is 2. The Kier molecular flexibility index (Phi) is 5.55. The number of aromatic nitrogens is 3. The highest BCUT2D eigenvalue weighted by Gasteiger charge is 2.31. The number of nitrogens with zero attached hydrogens (tertiary/aromatic N) is 4. The van der Waals surface area contributed by atoms with Gasteiger partial charge in [0.15, 0.2) is 5.65 Å². The van der Waals surface area contributed by atoms with Crippen LogP contribution >= 0.6 is 22.9 Å². The summed E-state index contributed by atoms with van der Waals surface area (Å²) in [5.41, 5.74) is 4.72. The van der Waals surface area contributed by atoms with Crippen LogP contribution in [0.4, 0.5) is 4.39 Å². The number of fused-ring (bicyclic) bond motifs is 3. The van der Waals surface area contributed by atoms with E-state index in [2.05, 4.69) is 10.1 Å². The third-order valence-electron chi connectivity index (χ3n) is 5.74. The first-order valence-corrected chi connectivity index (χ1v) is 11.6. The number of aryl methyl sites for hydroxylation is 2. The molecule has 4 aromatic rings. The van der Waals surface area contributed by atoms with Gasteiger partial charge in [-0.15, -0.1) is 0 Å². The molecule has 33 heavy (non-hydrogen) atoms. The molecule has 0 radical (unpaired) electrons. The van der Waals surface area contributed by atoms with Gasteiger partial charge < -0.3 is 14.7 Å². The Hall–Kier alpha value is -3.01. The molecule has 1 aromatic carbocycles. The van der Waals surface area contributed by atoms with Gasteiger partial charge in [-0.05, 0) is 48.4 Å². The molecule has 0 aliphatic carbocycles. The zero-order valence-corrected chi connectivity index (χ0v) is 19.5. The number of carbonyl (C=O) groups excluding carboxylic acids is 1. The molecular formula is C23H20ClFN4O3S. The second-order valence-electron chi connectivity index (χ2n) is 7.94. The van der Waals surface area contributed by atoms with Crippen LogP contribution in [0.1, 0.15) is 44.7 Å². The fourth-order valence-corrected chi connectivity index (χ4v) is 4.78. The van der Waals surface area contributed by atoms with Crippen molar-refractivity contribution in [3.05, 3.63) is 79.6 Å². The van der Waals surface area contributed by atoms with Crippen LogP contribution in [0.15, 0.2) is 35.0 Å². The lowest BCUT2D eigenvalue weighted by molar-refractivity contribution is 0.0735. The van der Waals surface area contributed by atoms with Crippen LogP contribution in [0.2, 0.25) is 5.02 Å². The highest BCUT2D eigenvalue weighted by atomic mass is 35.5. The van der Waals surface area contributed by atoms with Gasteiger partial charge in [0.25, 0.3) is 5.91 Å². The highest BCUT2D eigenvalue weighted by molar-refractivity contribution is 7.07. The largest absolute Gasteiger partial charge is 0.490 e. The van der Waals surface area contributed by atoms with E-state index in [1.54, 1.807) is 15.5 Å². The molecule has 0 bridgehead atoms. The topological polar surface area (TPSA) is 80.0 Å². The van der Waals surface area contributed by atoms with E-state index in [1.807, 2.05) is 24.6 Å². The third kappa shape index (κ3) is 3.86. The first kappa shape index (κ1) is 21.8. The summed E-state index contributed by atoms with van der Waals surface area (Å²) in [6.07, 6.45) is -0.878. The zero-order chi connectivity index (χ0) is 23.3. The molecule has 10 heteroatoms. The summed E-state index contributed by atoms with van der Waals surface area (Å²) in [5.74, 6) is -0.751. The summed E-state index contributed by atoms with van der Waals surface area (Å²) in [6.45, 7) is 4.22. The van der Waals surface area contributed by atoms with Crippen LogP contribution in [0.5, 0.6) is 5.75 Å². The minimum Gasteiger partial charge on any atom is -0.490 e. The lowest BCUT2D eigenvalue weighted by Crippen LogP contribution is -2.27. The molecule has 4 heterocycles. The van der Waals surface area contributed by atoms with Gasteiger partial charge in [-0.1, -0.05) is 11.6 Å². The molecule has 1 amide bonds. The molecule has 170 valence electrons. The predicted octanol–water partition coefficient (Wildman–Crippen LogP) is 4.47. The number of thiophene rings is 1. The second kappa shape index (κ2) is 8.40. The Morgan fingerprint density at radius 3 is 2.91 bits per heavy atom. The van der Waals surface area contributed by atoms with Gasteiger partial charge in [0.2, 0.25) is 0 Å². The number of benzene rings is 1. The monoisotopic (exact) mass is 486 g/mol. The smallest absolute Gasteiger partial charge is 0.258 e. The number of rotatable bonds is 5. The van der Waals surface area contributed by atoms with E-state index in [9.17, 15) is 14.3 Å². The van der Waals surface area contributed by atoms with Crippen LogP contribution in [0.25, 0.3) is 5.65 Å². The molecule has 1 unspecified atom stereocenters. The van der Waals surface area contributed by atoms with E-state index in [0.29, 0.717) is 35.0 Å².